The molecule has 0 fully saturated rings. The van der Waals surface area contributed by atoms with Crippen LogP contribution in [0.2, 0.25) is 0 Å². The number of guanidine groups is 1. The minimum absolute atomic E-state index is 0. The van der Waals surface area contributed by atoms with Gasteiger partial charge in [0, 0.05) is 30.8 Å². The van der Waals surface area contributed by atoms with Crippen LogP contribution in [-0.4, -0.2) is 38.9 Å². The van der Waals surface area contributed by atoms with Crippen molar-refractivity contribution >= 4 is 17.8 Å². The number of nitrogens with two attached hydrogens (primary N) is 2. The Kier molecular flexibility index (Phi) is 8.32. The number of allylic oxidation sites excluding steroid dienone is 3. The Morgan fingerprint density at radius 3 is 2.43 bits per heavy atom. The average molecular weight is 301 g/mol. The number of aliphatic carboxylic acids is 1. The molecular formula is C11H19N5O5. The van der Waals surface area contributed by atoms with Crippen molar-refractivity contribution < 1.29 is 25.6 Å². The van der Waals surface area contributed by atoms with Crippen molar-refractivity contribution in [2.75, 3.05) is 0 Å². The zero-order valence-corrected chi connectivity index (χ0v) is 11.3. The van der Waals surface area contributed by atoms with Crippen molar-refractivity contribution in [3.05, 3.63) is 35.2 Å². The molecule has 1 aliphatic rings. The molecule has 21 heavy (non-hydrogen) atoms. The molecule has 0 unspecified atom stereocenters. The van der Waals surface area contributed by atoms with Crippen LogP contribution in [0.25, 0.3) is 0 Å². The molecule has 0 saturated heterocycles. The molecule has 0 aromatic heterocycles. The van der Waals surface area contributed by atoms with E-state index in [1.807, 2.05) is 0 Å². The zero-order chi connectivity index (χ0) is 14.6. The van der Waals surface area contributed by atoms with Gasteiger partial charge in [-0.2, -0.15) is 0 Å². The maximum atomic E-state index is 11.1. The Bertz CT molecular complexity index is 523. The first kappa shape index (κ1) is 20.6. The van der Waals surface area contributed by atoms with Crippen molar-refractivity contribution in [1.29, 1.82) is 5.41 Å². The molecular weight excluding hydrogens is 282 g/mol. The van der Waals surface area contributed by atoms with E-state index in [-0.39, 0.29) is 28.9 Å². The summed E-state index contributed by atoms with van der Waals surface area (Å²) in [4.78, 5) is 22.0. The molecule has 0 atom stereocenters. The zero-order valence-electron chi connectivity index (χ0n) is 11.3. The molecule has 0 aliphatic heterocycles. The Morgan fingerprint density at radius 1 is 1.43 bits per heavy atom. The van der Waals surface area contributed by atoms with Crippen LogP contribution in [-0.2, 0) is 9.59 Å². The largest absolute Gasteiger partial charge is 0.478 e. The highest BCUT2D eigenvalue weighted by atomic mass is 16.4. The van der Waals surface area contributed by atoms with Gasteiger partial charge in [-0.15, -0.1) is 0 Å². The van der Waals surface area contributed by atoms with Crippen LogP contribution in [0.15, 0.2) is 35.2 Å². The number of carboxylic acids is 1. The van der Waals surface area contributed by atoms with Crippen molar-refractivity contribution in [3.63, 3.8) is 0 Å². The second-order valence-electron chi connectivity index (χ2n) is 3.88. The highest BCUT2D eigenvalue weighted by molar-refractivity contribution is 5.89. The first-order chi connectivity index (χ1) is 8.81. The minimum atomic E-state index is -1.06. The third-order valence-electron chi connectivity index (χ3n) is 2.34. The molecule has 10 heteroatoms. The normalized spacial score (nSPS) is 14.9. The third-order valence-corrected chi connectivity index (χ3v) is 2.34. The standard InChI is InChI=1S/C11H15N5O3.2H2O/c1-6(17)15-9-3-2-7(10(18)19)4-8(9)5-16(14)11(12)13;;/h2-3,5H,4,14H2,1H3,(H3,12,13)(H,15,17)(H,18,19);2*1H2/b8-5+;;. The van der Waals surface area contributed by atoms with Crippen molar-refractivity contribution in [2.45, 2.75) is 13.3 Å². The van der Waals surface area contributed by atoms with Crippen LogP contribution in [0.3, 0.4) is 0 Å². The van der Waals surface area contributed by atoms with Gasteiger partial charge in [-0.05, 0) is 17.7 Å². The lowest BCUT2D eigenvalue weighted by molar-refractivity contribution is -0.132. The summed E-state index contributed by atoms with van der Waals surface area (Å²) in [6.07, 6.45) is 4.25. The molecule has 1 amide bonds. The molecule has 1 aliphatic carbocycles. The predicted molar refractivity (Wildman–Crippen MR) is 75.5 cm³/mol. The number of hydrazine groups is 1. The maximum Gasteiger partial charge on any atom is 0.331 e. The van der Waals surface area contributed by atoms with E-state index in [0.29, 0.717) is 11.3 Å². The molecule has 0 aromatic carbocycles. The summed E-state index contributed by atoms with van der Waals surface area (Å²) in [5, 5.41) is 19.5. The van der Waals surface area contributed by atoms with Gasteiger partial charge in [0.25, 0.3) is 0 Å². The van der Waals surface area contributed by atoms with E-state index in [2.05, 4.69) is 5.32 Å². The van der Waals surface area contributed by atoms with Gasteiger partial charge in [0.1, 0.15) is 0 Å². The summed E-state index contributed by atoms with van der Waals surface area (Å²) in [6.45, 7) is 1.33. The number of carbonyl (C=O) groups excluding carboxylic acids is 1. The first-order valence-corrected chi connectivity index (χ1v) is 5.32. The lowest BCUT2D eigenvalue weighted by Crippen LogP contribution is -2.38. The highest BCUT2D eigenvalue weighted by Gasteiger charge is 2.18. The molecule has 0 spiro atoms. The number of nitrogens with zero attached hydrogens (tertiary/aromatic N) is 1. The summed E-state index contributed by atoms with van der Waals surface area (Å²) >= 11 is 0. The molecule has 0 bridgehead atoms. The smallest absolute Gasteiger partial charge is 0.331 e. The van der Waals surface area contributed by atoms with Gasteiger partial charge in [0.15, 0.2) is 0 Å². The van der Waals surface area contributed by atoms with E-state index < -0.39 is 11.9 Å². The fourth-order valence-electron chi connectivity index (χ4n) is 1.46. The molecule has 11 N–H and O–H groups in total. The lowest BCUT2D eigenvalue weighted by Gasteiger charge is -2.19. The van der Waals surface area contributed by atoms with E-state index in [1.54, 1.807) is 0 Å². The van der Waals surface area contributed by atoms with E-state index in [4.69, 9.17) is 22.1 Å². The SMILES string of the molecule is CC(=O)NC1=CC=C(C(=O)O)C/C1=C\N(N)C(=N)N.O.O. The van der Waals surface area contributed by atoms with Crippen LogP contribution < -0.4 is 16.9 Å². The lowest BCUT2D eigenvalue weighted by atomic mass is 9.97. The molecule has 0 heterocycles. The summed E-state index contributed by atoms with van der Waals surface area (Å²) in [5.74, 6) is 3.71. The average Bonchev–Trinajstić information content (AvgIpc) is 2.30. The maximum absolute atomic E-state index is 11.1. The van der Waals surface area contributed by atoms with Crippen molar-refractivity contribution in [2.24, 2.45) is 11.6 Å². The van der Waals surface area contributed by atoms with Gasteiger partial charge in [0.2, 0.25) is 11.9 Å². The fraction of sp³-hybridized carbons (Fsp3) is 0.182. The number of rotatable bonds is 3. The molecule has 1 rings (SSSR count). The summed E-state index contributed by atoms with van der Waals surface area (Å²) in [7, 11) is 0. The number of carboxylic acid groups (broad SMARTS) is 1. The van der Waals surface area contributed by atoms with Crippen molar-refractivity contribution in [1.82, 2.24) is 10.3 Å². The number of amides is 1. The second kappa shape index (κ2) is 8.47. The molecule has 0 radical (unpaired) electrons. The molecule has 10 nitrogen and oxygen atoms in total. The van der Waals surface area contributed by atoms with Gasteiger partial charge in [-0.3, -0.25) is 15.2 Å². The predicted octanol–water partition coefficient (Wildman–Crippen LogP) is -2.28. The Hall–Kier alpha value is -2.69. The fourth-order valence-corrected chi connectivity index (χ4v) is 1.46. The van der Waals surface area contributed by atoms with E-state index in [9.17, 15) is 9.59 Å². The Balaban J connectivity index is 0. The van der Waals surface area contributed by atoms with Gasteiger partial charge in [0.05, 0.1) is 0 Å². The van der Waals surface area contributed by atoms with Crippen LogP contribution in [0, 0.1) is 5.41 Å². The number of carbonyl (C=O) groups is 2. The van der Waals surface area contributed by atoms with Crippen molar-refractivity contribution in [3.8, 4) is 0 Å². The minimum Gasteiger partial charge on any atom is -0.478 e. The number of hydrogen-bond donors (Lipinski definition) is 5. The summed E-state index contributed by atoms with van der Waals surface area (Å²) in [5.41, 5.74) is 6.22. The third kappa shape index (κ3) is 5.86. The Morgan fingerprint density at radius 2 is 2.00 bits per heavy atom. The van der Waals surface area contributed by atoms with Crippen LogP contribution >= 0.6 is 0 Å². The number of hydrogen-bond acceptors (Lipinski definition) is 4. The Labute approximate surface area is 120 Å². The van der Waals surface area contributed by atoms with E-state index >= 15 is 0 Å². The number of nitrogens with one attached hydrogen (secondary N) is 2. The van der Waals surface area contributed by atoms with Gasteiger partial charge >= 0.3 is 5.97 Å². The monoisotopic (exact) mass is 301 g/mol. The molecule has 0 saturated carbocycles. The van der Waals surface area contributed by atoms with Crippen LogP contribution in [0.1, 0.15) is 13.3 Å². The summed E-state index contributed by atoms with van der Waals surface area (Å²) < 4.78 is 0. The van der Waals surface area contributed by atoms with E-state index in [0.717, 1.165) is 5.01 Å². The van der Waals surface area contributed by atoms with E-state index in [1.165, 1.54) is 25.3 Å². The second-order valence-corrected chi connectivity index (χ2v) is 3.88. The van der Waals surface area contributed by atoms with Gasteiger partial charge < -0.3 is 27.1 Å². The first-order valence-electron chi connectivity index (χ1n) is 5.32. The van der Waals surface area contributed by atoms with Gasteiger partial charge in [-0.25, -0.2) is 10.6 Å². The quantitative estimate of drug-likeness (QED) is 0.168. The summed E-state index contributed by atoms with van der Waals surface area (Å²) in [6, 6.07) is 0. The van der Waals surface area contributed by atoms with Gasteiger partial charge in [-0.1, -0.05) is 0 Å². The topological polar surface area (TPSA) is 209 Å². The molecule has 118 valence electrons. The molecule has 0 aromatic rings. The van der Waals surface area contributed by atoms with Crippen LogP contribution in [0.4, 0.5) is 0 Å². The highest BCUT2D eigenvalue weighted by Crippen LogP contribution is 2.23. The van der Waals surface area contributed by atoms with Crippen LogP contribution in [0.5, 0.6) is 0 Å².